The van der Waals surface area contributed by atoms with E-state index in [4.69, 9.17) is 0 Å². The molecule has 0 rings (SSSR count). The van der Waals surface area contributed by atoms with Gasteiger partial charge in [-0.05, 0) is 12.8 Å². The molecule has 1 heteroatoms. The van der Waals surface area contributed by atoms with Gasteiger partial charge >= 0.3 is 0 Å². The highest BCUT2D eigenvalue weighted by Crippen LogP contribution is 2.17. The first-order valence-electron chi connectivity index (χ1n) is 6.45. The molecule has 0 radical (unpaired) electrons. The summed E-state index contributed by atoms with van der Waals surface area (Å²) in [6, 6.07) is 0. The molecule has 0 fully saturated rings. The van der Waals surface area contributed by atoms with Gasteiger partial charge in [0.25, 0.3) is 0 Å². The van der Waals surface area contributed by atoms with Crippen molar-refractivity contribution in [3.63, 3.8) is 0 Å². The molecular formula is C13H27Br. The smallest absolute Gasteiger partial charge is 0.0145 e. The van der Waals surface area contributed by atoms with Gasteiger partial charge in [-0.2, -0.15) is 0 Å². The van der Waals surface area contributed by atoms with Gasteiger partial charge in [0, 0.05) is 4.83 Å². The van der Waals surface area contributed by atoms with Crippen LogP contribution in [0.15, 0.2) is 0 Å². The Hall–Kier alpha value is 0.480. The second-order valence-electron chi connectivity index (χ2n) is 4.30. The van der Waals surface area contributed by atoms with E-state index in [0.717, 1.165) is 4.83 Å². The first kappa shape index (κ1) is 14.5. The average Bonchev–Trinajstić information content (AvgIpc) is 2.20. The number of unbranched alkanes of at least 4 members (excludes halogenated alkanes) is 6. The molecule has 0 N–H and O–H groups in total. The van der Waals surface area contributed by atoms with Crippen molar-refractivity contribution in [1.29, 1.82) is 0 Å². The molecule has 0 amide bonds. The van der Waals surface area contributed by atoms with E-state index in [-0.39, 0.29) is 0 Å². The van der Waals surface area contributed by atoms with E-state index >= 15 is 0 Å². The van der Waals surface area contributed by atoms with Crippen molar-refractivity contribution >= 4 is 15.9 Å². The number of hydrogen-bond acceptors (Lipinski definition) is 0. The van der Waals surface area contributed by atoms with E-state index in [1.165, 1.54) is 64.2 Å². The third-order valence-electron chi connectivity index (χ3n) is 2.74. The predicted octanol–water partition coefficient (Wildman–Crippen LogP) is 5.69. The van der Waals surface area contributed by atoms with Crippen molar-refractivity contribution in [2.24, 2.45) is 0 Å². The lowest BCUT2D eigenvalue weighted by Crippen LogP contribution is -1.97. The minimum Gasteiger partial charge on any atom is -0.0891 e. The summed E-state index contributed by atoms with van der Waals surface area (Å²) in [6.07, 6.45) is 14.0. The van der Waals surface area contributed by atoms with Crippen LogP contribution in [0.3, 0.4) is 0 Å². The Morgan fingerprint density at radius 3 is 1.86 bits per heavy atom. The van der Waals surface area contributed by atoms with Crippen molar-refractivity contribution < 1.29 is 0 Å². The molecule has 0 saturated carbocycles. The Kier molecular flexibility index (Phi) is 12.0. The van der Waals surface area contributed by atoms with Gasteiger partial charge in [-0.1, -0.05) is 81.1 Å². The average molecular weight is 263 g/mol. The largest absolute Gasteiger partial charge is 0.0891 e. The topological polar surface area (TPSA) is 0 Å². The molecule has 0 aromatic rings. The highest BCUT2D eigenvalue weighted by atomic mass is 79.9. The van der Waals surface area contributed by atoms with Crippen molar-refractivity contribution in [2.75, 3.05) is 0 Å². The summed E-state index contributed by atoms with van der Waals surface area (Å²) >= 11 is 3.76. The zero-order valence-electron chi connectivity index (χ0n) is 10.0. The Labute approximate surface area is 99.0 Å². The van der Waals surface area contributed by atoms with Gasteiger partial charge in [-0.25, -0.2) is 0 Å². The van der Waals surface area contributed by atoms with Crippen LogP contribution < -0.4 is 0 Å². The first-order valence-corrected chi connectivity index (χ1v) is 7.36. The van der Waals surface area contributed by atoms with Crippen LogP contribution in [-0.4, -0.2) is 4.83 Å². The molecule has 86 valence electrons. The normalized spacial score (nSPS) is 13.1. The van der Waals surface area contributed by atoms with Crippen molar-refractivity contribution in [1.82, 2.24) is 0 Å². The highest BCUT2D eigenvalue weighted by molar-refractivity contribution is 9.09. The van der Waals surface area contributed by atoms with Crippen LogP contribution in [0.2, 0.25) is 0 Å². The zero-order chi connectivity index (χ0) is 10.6. The number of alkyl halides is 1. The van der Waals surface area contributed by atoms with E-state index in [9.17, 15) is 0 Å². The number of rotatable bonds is 10. The highest BCUT2D eigenvalue weighted by Gasteiger charge is 2.02. The molecule has 14 heavy (non-hydrogen) atoms. The molecule has 0 heterocycles. The fourth-order valence-corrected chi connectivity index (χ4v) is 2.36. The molecular weight excluding hydrogens is 236 g/mol. The Morgan fingerprint density at radius 2 is 1.21 bits per heavy atom. The maximum atomic E-state index is 3.76. The molecule has 0 nitrogen and oxygen atoms in total. The molecule has 0 aliphatic rings. The Morgan fingerprint density at radius 1 is 0.714 bits per heavy atom. The molecule has 0 aliphatic heterocycles. The minimum absolute atomic E-state index is 0.786. The fraction of sp³-hybridized carbons (Fsp3) is 1.00. The molecule has 0 aromatic carbocycles. The lowest BCUT2D eigenvalue weighted by molar-refractivity contribution is 0.565. The van der Waals surface area contributed by atoms with E-state index in [1.807, 2.05) is 0 Å². The molecule has 0 aliphatic carbocycles. The standard InChI is InChI=1S/C13H27Br/c1-3-5-7-8-9-10-12-13(14)11-6-4-2/h13H,3-12H2,1-2H3. The van der Waals surface area contributed by atoms with Gasteiger partial charge in [0.05, 0.1) is 0 Å². The summed E-state index contributed by atoms with van der Waals surface area (Å²) < 4.78 is 0. The summed E-state index contributed by atoms with van der Waals surface area (Å²) in [5, 5.41) is 0. The van der Waals surface area contributed by atoms with Crippen LogP contribution in [0.5, 0.6) is 0 Å². The summed E-state index contributed by atoms with van der Waals surface area (Å²) in [7, 11) is 0. The third kappa shape index (κ3) is 10.6. The van der Waals surface area contributed by atoms with Crippen molar-refractivity contribution in [3.05, 3.63) is 0 Å². The van der Waals surface area contributed by atoms with Crippen LogP contribution in [-0.2, 0) is 0 Å². The van der Waals surface area contributed by atoms with Crippen LogP contribution >= 0.6 is 15.9 Å². The maximum absolute atomic E-state index is 3.76. The van der Waals surface area contributed by atoms with Crippen molar-refractivity contribution in [3.8, 4) is 0 Å². The summed E-state index contributed by atoms with van der Waals surface area (Å²) in [4.78, 5) is 0.786. The van der Waals surface area contributed by atoms with Gasteiger partial charge in [-0.15, -0.1) is 0 Å². The molecule has 0 bridgehead atoms. The van der Waals surface area contributed by atoms with E-state index in [0.29, 0.717) is 0 Å². The Balaban J connectivity index is 3.02. The summed E-state index contributed by atoms with van der Waals surface area (Å²) in [5.74, 6) is 0. The van der Waals surface area contributed by atoms with Crippen LogP contribution in [0.25, 0.3) is 0 Å². The van der Waals surface area contributed by atoms with Crippen LogP contribution in [0, 0.1) is 0 Å². The Bertz CT molecular complexity index is 101. The number of halogens is 1. The molecule has 1 unspecified atom stereocenters. The molecule has 1 atom stereocenters. The quantitative estimate of drug-likeness (QED) is 0.351. The molecule has 0 aromatic heterocycles. The van der Waals surface area contributed by atoms with Gasteiger partial charge < -0.3 is 0 Å². The number of hydrogen-bond donors (Lipinski definition) is 0. The van der Waals surface area contributed by atoms with Crippen LogP contribution in [0.1, 0.15) is 78.1 Å². The van der Waals surface area contributed by atoms with Gasteiger partial charge in [0.15, 0.2) is 0 Å². The van der Waals surface area contributed by atoms with Crippen LogP contribution in [0.4, 0.5) is 0 Å². The zero-order valence-corrected chi connectivity index (χ0v) is 11.6. The predicted molar refractivity (Wildman–Crippen MR) is 70.2 cm³/mol. The fourth-order valence-electron chi connectivity index (χ4n) is 1.72. The van der Waals surface area contributed by atoms with E-state index in [2.05, 4.69) is 29.8 Å². The lowest BCUT2D eigenvalue weighted by Gasteiger charge is -2.08. The second kappa shape index (κ2) is 11.6. The monoisotopic (exact) mass is 262 g/mol. The third-order valence-corrected chi connectivity index (χ3v) is 3.66. The summed E-state index contributed by atoms with van der Waals surface area (Å²) in [5.41, 5.74) is 0. The molecule has 0 spiro atoms. The SMILES string of the molecule is CCCCCCCCC(Br)CCCC. The van der Waals surface area contributed by atoms with Gasteiger partial charge in [0.1, 0.15) is 0 Å². The summed E-state index contributed by atoms with van der Waals surface area (Å²) in [6.45, 7) is 4.55. The van der Waals surface area contributed by atoms with E-state index < -0.39 is 0 Å². The minimum atomic E-state index is 0.786. The van der Waals surface area contributed by atoms with Crippen molar-refractivity contribution in [2.45, 2.75) is 82.9 Å². The van der Waals surface area contributed by atoms with Gasteiger partial charge in [-0.3, -0.25) is 0 Å². The van der Waals surface area contributed by atoms with E-state index in [1.54, 1.807) is 0 Å². The maximum Gasteiger partial charge on any atom is 0.0145 e. The molecule has 0 saturated heterocycles. The second-order valence-corrected chi connectivity index (χ2v) is 5.59. The van der Waals surface area contributed by atoms with Gasteiger partial charge in [0.2, 0.25) is 0 Å². The first-order chi connectivity index (χ1) is 6.81. The lowest BCUT2D eigenvalue weighted by atomic mass is 10.1.